The standard InChI is InChI=1S/C17H11ClF2N4O/c18-10-4-1-2-7-13(10)23-15-9-21-14(8-22-15)17(25)24-16-11(19)5-3-6-12(16)20/h1-9H,(H,22,23)(H,24,25). The summed E-state index contributed by atoms with van der Waals surface area (Å²) in [6.45, 7) is 0. The van der Waals surface area contributed by atoms with Crippen LogP contribution < -0.4 is 10.6 Å². The molecule has 3 rings (SSSR count). The smallest absolute Gasteiger partial charge is 0.276 e. The maximum atomic E-state index is 13.6. The van der Waals surface area contributed by atoms with Crippen molar-refractivity contribution in [2.75, 3.05) is 10.6 Å². The third kappa shape index (κ3) is 3.89. The molecule has 0 aliphatic rings. The van der Waals surface area contributed by atoms with E-state index in [2.05, 4.69) is 20.6 Å². The van der Waals surface area contributed by atoms with Crippen molar-refractivity contribution in [1.82, 2.24) is 9.97 Å². The zero-order valence-corrected chi connectivity index (χ0v) is 13.4. The molecular weight excluding hydrogens is 350 g/mol. The second-order valence-corrected chi connectivity index (χ2v) is 5.35. The molecule has 0 aliphatic heterocycles. The molecule has 0 saturated carbocycles. The van der Waals surface area contributed by atoms with Crippen molar-refractivity contribution in [2.24, 2.45) is 0 Å². The number of para-hydroxylation sites is 2. The van der Waals surface area contributed by atoms with Gasteiger partial charge in [-0.05, 0) is 24.3 Å². The van der Waals surface area contributed by atoms with Crippen LogP contribution in [0.3, 0.4) is 0 Å². The van der Waals surface area contributed by atoms with Crippen molar-refractivity contribution < 1.29 is 13.6 Å². The summed E-state index contributed by atoms with van der Waals surface area (Å²) in [7, 11) is 0. The molecule has 0 spiro atoms. The van der Waals surface area contributed by atoms with Gasteiger partial charge in [0.15, 0.2) is 0 Å². The molecule has 0 atom stereocenters. The van der Waals surface area contributed by atoms with Crippen molar-refractivity contribution in [3.63, 3.8) is 0 Å². The van der Waals surface area contributed by atoms with E-state index in [0.717, 1.165) is 12.1 Å². The minimum Gasteiger partial charge on any atom is -0.338 e. The van der Waals surface area contributed by atoms with Crippen LogP contribution in [0.5, 0.6) is 0 Å². The molecule has 0 radical (unpaired) electrons. The van der Waals surface area contributed by atoms with E-state index in [9.17, 15) is 13.6 Å². The monoisotopic (exact) mass is 360 g/mol. The molecule has 1 heterocycles. The van der Waals surface area contributed by atoms with Crippen molar-refractivity contribution >= 4 is 34.7 Å². The molecule has 2 aromatic carbocycles. The number of anilines is 3. The second kappa shape index (κ2) is 7.23. The molecule has 0 aliphatic carbocycles. The maximum Gasteiger partial charge on any atom is 0.276 e. The zero-order chi connectivity index (χ0) is 17.8. The normalized spacial score (nSPS) is 10.4. The first kappa shape index (κ1) is 16.8. The Morgan fingerprint density at radius 2 is 1.68 bits per heavy atom. The van der Waals surface area contributed by atoms with Gasteiger partial charge in [-0.25, -0.2) is 18.7 Å². The topological polar surface area (TPSA) is 66.9 Å². The zero-order valence-electron chi connectivity index (χ0n) is 12.6. The quantitative estimate of drug-likeness (QED) is 0.723. The summed E-state index contributed by atoms with van der Waals surface area (Å²) in [6.07, 6.45) is 2.50. The average Bonchev–Trinajstić information content (AvgIpc) is 2.61. The molecule has 0 unspecified atom stereocenters. The Labute approximate surface area is 146 Å². The van der Waals surface area contributed by atoms with E-state index >= 15 is 0 Å². The van der Waals surface area contributed by atoms with E-state index in [-0.39, 0.29) is 5.69 Å². The van der Waals surface area contributed by atoms with Crippen LogP contribution in [0.2, 0.25) is 5.02 Å². The van der Waals surface area contributed by atoms with Gasteiger partial charge >= 0.3 is 0 Å². The lowest BCUT2D eigenvalue weighted by Gasteiger charge is -2.09. The Morgan fingerprint density at radius 1 is 0.960 bits per heavy atom. The SMILES string of the molecule is O=C(Nc1c(F)cccc1F)c1cnc(Nc2ccccc2Cl)cn1. The number of halogens is 3. The van der Waals surface area contributed by atoms with Crippen molar-refractivity contribution in [3.8, 4) is 0 Å². The van der Waals surface area contributed by atoms with Crippen LogP contribution in [0.1, 0.15) is 10.5 Å². The van der Waals surface area contributed by atoms with Gasteiger partial charge in [-0.15, -0.1) is 0 Å². The Bertz CT molecular complexity index is 899. The molecule has 1 aromatic heterocycles. The fraction of sp³-hybridized carbons (Fsp3) is 0. The largest absolute Gasteiger partial charge is 0.338 e. The van der Waals surface area contributed by atoms with Gasteiger partial charge < -0.3 is 10.6 Å². The third-order valence-electron chi connectivity index (χ3n) is 3.22. The second-order valence-electron chi connectivity index (χ2n) is 4.94. The summed E-state index contributed by atoms with van der Waals surface area (Å²) in [5, 5.41) is 5.59. The van der Waals surface area contributed by atoms with Gasteiger partial charge in [-0.1, -0.05) is 29.8 Å². The fourth-order valence-electron chi connectivity index (χ4n) is 2.01. The predicted octanol–water partition coefficient (Wildman–Crippen LogP) is 4.40. The average molecular weight is 361 g/mol. The van der Waals surface area contributed by atoms with Crippen LogP contribution in [0.25, 0.3) is 0 Å². The van der Waals surface area contributed by atoms with E-state index in [1.807, 2.05) is 0 Å². The lowest BCUT2D eigenvalue weighted by atomic mass is 10.2. The highest BCUT2D eigenvalue weighted by atomic mass is 35.5. The molecule has 8 heteroatoms. The van der Waals surface area contributed by atoms with Gasteiger partial charge in [0, 0.05) is 0 Å². The van der Waals surface area contributed by atoms with Gasteiger partial charge in [-0.3, -0.25) is 4.79 Å². The molecule has 126 valence electrons. The van der Waals surface area contributed by atoms with E-state index in [1.165, 1.54) is 18.5 Å². The minimum atomic E-state index is -0.877. The number of carbonyl (C=O) groups excluding carboxylic acids is 1. The molecule has 2 N–H and O–H groups in total. The Hall–Kier alpha value is -3.06. The number of rotatable bonds is 4. The predicted molar refractivity (Wildman–Crippen MR) is 91.1 cm³/mol. The van der Waals surface area contributed by atoms with E-state index < -0.39 is 23.2 Å². The van der Waals surface area contributed by atoms with Gasteiger partial charge in [0.1, 0.15) is 28.8 Å². The van der Waals surface area contributed by atoms with Gasteiger partial charge in [0.2, 0.25) is 0 Å². The molecule has 3 aromatic rings. The molecule has 1 amide bonds. The van der Waals surface area contributed by atoms with Gasteiger partial charge in [0.25, 0.3) is 5.91 Å². The molecule has 5 nitrogen and oxygen atoms in total. The number of aromatic nitrogens is 2. The first-order valence-electron chi connectivity index (χ1n) is 7.13. The molecule has 0 saturated heterocycles. The van der Waals surface area contributed by atoms with Crippen LogP contribution in [-0.4, -0.2) is 15.9 Å². The van der Waals surface area contributed by atoms with Crippen LogP contribution in [0.4, 0.5) is 26.0 Å². The molecular formula is C17H11ClF2N4O. The van der Waals surface area contributed by atoms with E-state index in [0.29, 0.717) is 16.5 Å². The number of nitrogens with one attached hydrogen (secondary N) is 2. The van der Waals surface area contributed by atoms with Crippen LogP contribution in [0, 0.1) is 11.6 Å². The van der Waals surface area contributed by atoms with Crippen molar-refractivity contribution in [2.45, 2.75) is 0 Å². The number of carbonyl (C=O) groups is 1. The van der Waals surface area contributed by atoms with E-state index in [1.54, 1.807) is 24.3 Å². The summed E-state index contributed by atoms with van der Waals surface area (Å²) in [5.41, 5.74) is 0.00373. The summed E-state index contributed by atoms with van der Waals surface area (Å²) in [5.74, 6) is -2.17. The van der Waals surface area contributed by atoms with Crippen molar-refractivity contribution in [3.05, 3.63) is 77.2 Å². The molecule has 25 heavy (non-hydrogen) atoms. The minimum absolute atomic E-state index is 0.0904. The number of hydrogen-bond acceptors (Lipinski definition) is 4. The Balaban J connectivity index is 1.74. The Kier molecular flexibility index (Phi) is 4.85. The summed E-state index contributed by atoms with van der Waals surface area (Å²) in [6, 6.07) is 10.3. The van der Waals surface area contributed by atoms with Crippen LogP contribution >= 0.6 is 11.6 Å². The number of nitrogens with zero attached hydrogens (tertiary/aromatic N) is 2. The summed E-state index contributed by atoms with van der Waals surface area (Å²) >= 11 is 6.03. The molecule has 0 fully saturated rings. The van der Waals surface area contributed by atoms with E-state index in [4.69, 9.17) is 11.6 Å². The van der Waals surface area contributed by atoms with Crippen LogP contribution in [-0.2, 0) is 0 Å². The number of benzene rings is 2. The Morgan fingerprint density at radius 3 is 2.32 bits per heavy atom. The first-order valence-corrected chi connectivity index (χ1v) is 7.51. The lowest BCUT2D eigenvalue weighted by molar-refractivity contribution is 0.102. The lowest BCUT2D eigenvalue weighted by Crippen LogP contribution is -2.16. The fourth-order valence-corrected chi connectivity index (χ4v) is 2.19. The highest BCUT2D eigenvalue weighted by Crippen LogP contribution is 2.23. The summed E-state index contributed by atoms with van der Waals surface area (Å²) < 4.78 is 27.1. The molecule has 0 bridgehead atoms. The third-order valence-corrected chi connectivity index (χ3v) is 3.55. The number of amides is 1. The summed E-state index contributed by atoms with van der Waals surface area (Å²) in [4.78, 5) is 20.0. The van der Waals surface area contributed by atoms with Crippen LogP contribution in [0.15, 0.2) is 54.9 Å². The first-order chi connectivity index (χ1) is 12.0. The van der Waals surface area contributed by atoms with Crippen molar-refractivity contribution in [1.29, 1.82) is 0 Å². The van der Waals surface area contributed by atoms with Gasteiger partial charge in [0.05, 0.1) is 23.1 Å². The van der Waals surface area contributed by atoms with Gasteiger partial charge in [-0.2, -0.15) is 0 Å². The maximum absolute atomic E-state index is 13.6. The highest BCUT2D eigenvalue weighted by Gasteiger charge is 2.14. The number of hydrogen-bond donors (Lipinski definition) is 2. The highest BCUT2D eigenvalue weighted by molar-refractivity contribution is 6.33.